The van der Waals surface area contributed by atoms with Crippen molar-refractivity contribution in [3.63, 3.8) is 0 Å². The molecule has 0 saturated carbocycles. The molecule has 1 heterocycles. The van der Waals surface area contributed by atoms with Crippen LogP contribution in [-0.4, -0.2) is 14.5 Å². The quantitative estimate of drug-likeness (QED) is 0.921. The summed E-state index contributed by atoms with van der Waals surface area (Å²) < 4.78 is 32.8. The molecule has 0 radical (unpaired) electrons. The third-order valence-corrected chi connectivity index (χ3v) is 5.70. The Kier molecular flexibility index (Phi) is 4.36. The van der Waals surface area contributed by atoms with Gasteiger partial charge in [-0.15, -0.1) is 0 Å². The van der Waals surface area contributed by atoms with Gasteiger partial charge < -0.3 is 4.42 Å². The second-order valence-electron chi connectivity index (χ2n) is 6.00. The summed E-state index contributed by atoms with van der Waals surface area (Å²) >= 11 is 0. The Labute approximate surface area is 131 Å². The predicted octanol–water partition coefficient (Wildman–Crippen LogP) is 3.07. The maximum Gasteiger partial charge on any atom is 0.240 e. The van der Waals surface area contributed by atoms with Gasteiger partial charge in [-0.25, -0.2) is 13.1 Å². The highest BCUT2D eigenvalue weighted by atomic mass is 32.2. The standard InChI is InChI=1S/C17H21NO3S/c1-13(10-14-8-9-21-12-14)18-22(19,20)17-7-6-15-4-2-3-5-16(15)11-17/h6-9,11-13,18H,2-5,10H2,1H3. The molecular formula is C17H21NO3S. The number of hydrogen-bond acceptors (Lipinski definition) is 3. The van der Waals surface area contributed by atoms with Crippen LogP contribution in [0.15, 0.2) is 46.1 Å². The second-order valence-corrected chi connectivity index (χ2v) is 7.71. The molecule has 1 N–H and O–H groups in total. The van der Waals surface area contributed by atoms with Gasteiger partial charge in [-0.1, -0.05) is 6.07 Å². The van der Waals surface area contributed by atoms with Gasteiger partial charge in [0.1, 0.15) is 0 Å². The van der Waals surface area contributed by atoms with Crippen LogP contribution >= 0.6 is 0 Å². The Morgan fingerprint density at radius 2 is 1.95 bits per heavy atom. The Bertz CT molecular complexity index is 735. The molecule has 1 aromatic heterocycles. The Morgan fingerprint density at radius 1 is 1.18 bits per heavy atom. The van der Waals surface area contributed by atoms with Gasteiger partial charge in [0.15, 0.2) is 0 Å². The summed E-state index contributed by atoms with van der Waals surface area (Å²) in [4.78, 5) is 0.368. The highest BCUT2D eigenvalue weighted by Gasteiger charge is 2.20. The van der Waals surface area contributed by atoms with Gasteiger partial charge in [-0.3, -0.25) is 0 Å². The zero-order valence-electron chi connectivity index (χ0n) is 12.7. The van der Waals surface area contributed by atoms with Gasteiger partial charge >= 0.3 is 0 Å². The van der Waals surface area contributed by atoms with Gasteiger partial charge in [-0.2, -0.15) is 0 Å². The SMILES string of the molecule is CC(Cc1ccoc1)NS(=O)(=O)c1ccc2c(c1)CCCC2. The number of aryl methyl sites for hydroxylation is 2. The molecular weight excluding hydrogens is 298 g/mol. The van der Waals surface area contributed by atoms with Crippen LogP contribution in [0.2, 0.25) is 0 Å². The molecule has 118 valence electrons. The van der Waals surface area contributed by atoms with Crippen LogP contribution in [0.3, 0.4) is 0 Å². The van der Waals surface area contributed by atoms with Gasteiger partial charge in [0, 0.05) is 6.04 Å². The zero-order valence-corrected chi connectivity index (χ0v) is 13.5. The van der Waals surface area contributed by atoms with Crippen molar-refractivity contribution < 1.29 is 12.8 Å². The van der Waals surface area contributed by atoms with Crippen molar-refractivity contribution in [2.24, 2.45) is 0 Å². The summed E-state index contributed by atoms with van der Waals surface area (Å²) in [6, 6.07) is 7.19. The molecule has 1 aromatic carbocycles. The van der Waals surface area contributed by atoms with Crippen LogP contribution in [0.1, 0.15) is 36.5 Å². The largest absolute Gasteiger partial charge is 0.472 e. The Morgan fingerprint density at radius 3 is 2.68 bits per heavy atom. The van der Waals surface area contributed by atoms with Crippen molar-refractivity contribution in [1.82, 2.24) is 4.72 Å². The van der Waals surface area contributed by atoms with E-state index in [1.54, 1.807) is 18.6 Å². The number of rotatable bonds is 5. The minimum Gasteiger partial charge on any atom is -0.472 e. The lowest BCUT2D eigenvalue weighted by Crippen LogP contribution is -2.34. The van der Waals surface area contributed by atoms with Gasteiger partial charge in [-0.05, 0) is 73.9 Å². The maximum absolute atomic E-state index is 12.5. The number of sulfonamides is 1. The number of fused-ring (bicyclic) bond motifs is 1. The average molecular weight is 319 g/mol. The molecule has 1 unspecified atom stereocenters. The van der Waals surface area contributed by atoms with E-state index in [4.69, 9.17) is 4.42 Å². The van der Waals surface area contributed by atoms with Crippen molar-refractivity contribution in [2.45, 2.75) is 50.0 Å². The fraction of sp³-hybridized carbons (Fsp3) is 0.412. The molecule has 22 heavy (non-hydrogen) atoms. The van der Waals surface area contributed by atoms with Crippen LogP contribution in [0.25, 0.3) is 0 Å². The van der Waals surface area contributed by atoms with Crippen LogP contribution < -0.4 is 4.72 Å². The molecule has 4 nitrogen and oxygen atoms in total. The van der Waals surface area contributed by atoms with Crippen molar-refractivity contribution in [3.05, 3.63) is 53.5 Å². The van der Waals surface area contributed by atoms with E-state index >= 15 is 0 Å². The van der Waals surface area contributed by atoms with Crippen LogP contribution in [0.5, 0.6) is 0 Å². The van der Waals surface area contributed by atoms with E-state index in [-0.39, 0.29) is 6.04 Å². The molecule has 3 rings (SSSR count). The lowest BCUT2D eigenvalue weighted by molar-refractivity contribution is 0.549. The molecule has 0 spiro atoms. The number of nitrogens with one attached hydrogen (secondary N) is 1. The highest BCUT2D eigenvalue weighted by molar-refractivity contribution is 7.89. The highest BCUT2D eigenvalue weighted by Crippen LogP contribution is 2.24. The van der Waals surface area contributed by atoms with Crippen molar-refractivity contribution >= 4 is 10.0 Å². The van der Waals surface area contributed by atoms with Crippen molar-refractivity contribution in [2.75, 3.05) is 0 Å². The van der Waals surface area contributed by atoms with Crippen LogP contribution in [-0.2, 0) is 29.3 Å². The first-order chi connectivity index (χ1) is 10.5. The van der Waals surface area contributed by atoms with E-state index in [0.717, 1.165) is 24.8 Å². The fourth-order valence-corrected chi connectivity index (χ4v) is 4.31. The second kappa shape index (κ2) is 6.26. The molecule has 0 aliphatic heterocycles. The van der Waals surface area contributed by atoms with E-state index in [0.29, 0.717) is 11.3 Å². The first-order valence-corrected chi connectivity index (χ1v) is 9.18. The molecule has 0 saturated heterocycles. The predicted molar refractivity (Wildman–Crippen MR) is 85.3 cm³/mol. The maximum atomic E-state index is 12.5. The van der Waals surface area contributed by atoms with Crippen LogP contribution in [0, 0.1) is 0 Å². The molecule has 1 aliphatic rings. The van der Waals surface area contributed by atoms with E-state index in [2.05, 4.69) is 4.72 Å². The summed E-state index contributed by atoms with van der Waals surface area (Å²) in [6.45, 7) is 1.86. The summed E-state index contributed by atoms with van der Waals surface area (Å²) in [5, 5.41) is 0. The van der Waals surface area contributed by atoms with Crippen molar-refractivity contribution in [1.29, 1.82) is 0 Å². The summed E-state index contributed by atoms with van der Waals surface area (Å²) in [7, 11) is -3.48. The number of furan rings is 1. The first-order valence-electron chi connectivity index (χ1n) is 7.70. The third-order valence-electron chi connectivity index (χ3n) is 4.11. The molecule has 0 bridgehead atoms. The number of hydrogen-bond donors (Lipinski definition) is 1. The summed E-state index contributed by atoms with van der Waals surface area (Å²) in [5.74, 6) is 0. The van der Waals surface area contributed by atoms with Gasteiger partial charge in [0.25, 0.3) is 0 Å². The average Bonchev–Trinajstić information content (AvgIpc) is 2.99. The molecule has 1 atom stereocenters. The molecule has 0 fully saturated rings. The summed E-state index contributed by atoms with van der Waals surface area (Å²) in [6.07, 6.45) is 8.22. The smallest absolute Gasteiger partial charge is 0.240 e. The lowest BCUT2D eigenvalue weighted by Gasteiger charge is -2.18. The van der Waals surface area contributed by atoms with Gasteiger partial charge in [0.2, 0.25) is 10.0 Å². The minimum atomic E-state index is -3.48. The molecule has 1 aliphatic carbocycles. The molecule has 2 aromatic rings. The van der Waals surface area contributed by atoms with Crippen molar-refractivity contribution in [3.8, 4) is 0 Å². The van der Waals surface area contributed by atoms with E-state index in [1.165, 1.54) is 17.5 Å². The first kappa shape index (κ1) is 15.3. The topological polar surface area (TPSA) is 59.3 Å². The van der Waals surface area contributed by atoms with E-state index in [9.17, 15) is 8.42 Å². The Hall–Kier alpha value is -1.59. The minimum absolute atomic E-state index is 0.182. The monoisotopic (exact) mass is 319 g/mol. The number of benzene rings is 1. The molecule has 5 heteroatoms. The zero-order chi connectivity index (χ0) is 15.6. The summed E-state index contributed by atoms with van der Waals surface area (Å²) in [5.41, 5.74) is 3.45. The third kappa shape index (κ3) is 3.42. The normalized spacial score (nSPS) is 16.2. The van der Waals surface area contributed by atoms with E-state index in [1.807, 2.05) is 25.1 Å². The lowest BCUT2D eigenvalue weighted by atomic mass is 9.92. The van der Waals surface area contributed by atoms with E-state index < -0.39 is 10.0 Å². The van der Waals surface area contributed by atoms with Crippen LogP contribution in [0.4, 0.5) is 0 Å². The van der Waals surface area contributed by atoms with Gasteiger partial charge in [0.05, 0.1) is 17.4 Å². The fourth-order valence-electron chi connectivity index (χ4n) is 3.01. The Balaban J connectivity index is 1.74. The molecule has 0 amide bonds.